The molecule has 2 rings (SSSR count). The topological polar surface area (TPSA) is 66.5 Å². The van der Waals surface area contributed by atoms with Crippen molar-refractivity contribution >= 4 is 21.6 Å². The number of aryl methyl sites for hydroxylation is 1. The van der Waals surface area contributed by atoms with Crippen molar-refractivity contribution in [1.82, 2.24) is 5.32 Å². The lowest BCUT2D eigenvalue weighted by Crippen LogP contribution is -2.33. The molecule has 0 heterocycles. The van der Waals surface area contributed by atoms with E-state index in [1.54, 1.807) is 38.1 Å². The van der Waals surface area contributed by atoms with Gasteiger partial charge in [0.2, 0.25) is 10.0 Å². The van der Waals surface area contributed by atoms with Crippen LogP contribution < -0.4 is 9.62 Å². The summed E-state index contributed by atoms with van der Waals surface area (Å²) in [5.41, 5.74) is 2.35. The number of rotatable bonds is 9. The van der Waals surface area contributed by atoms with Crippen LogP contribution in [0, 0.1) is 0 Å². The molecule has 0 unspecified atom stereocenters. The minimum atomic E-state index is -3.32. The zero-order valence-corrected chi connectivity index (χ0v) is 17.0. The van der Waals surface area contributed by atoms with Gasteiger partial charge < -0.3 is 5.32 Å². The van der Waals surface area contributed by atoms with Gasteiger partial charge in [0.1, 0.15) is 0 Å². The number of hydrogen-bond acceptors (Lipinski definition) is 3. The number of amides is 1. The van der Waals surface area contributed by atoms with Crippen LogP contribution in [-0.4, -0.2) is 32.7 Å². The molecule has 0 fully saturated rings. The summed E-state index contributed by atoms with van der Waals surface area (Å²) in [6.07, 6.45) is 1.76. The second-order valence-corrected chi connectivity index (χ2v) is 8.69. The van der Waals surface area contributed by atoms with Gasteiger partial charge in [-0.15, -0.1) is 0 Å². The second kappa shape index (κ2) is 9.55. The predicted octanol–water partition coefficient (Wildman–Crippen LogP) is 3.61. The Hall–Kier alpha value is -2.34. The summed E-state index contributed by atoms with van der Waals surface area (Å²) in [6.45, 7) is 5.76. The van der Waals surface area contributed by atoms with Crippen LogP contribution in [0.15, 0.2) is 54.6 Å². The van der Waals surface area contributed by atoms with Crippen molar-refractivity contribution in [1.29, 1.82) is 0 Å². The van der Waals surface area contributed by atoms with Gasteiger partial charge >= 0.3 is 0 Å². The Balaban J connectivity index is 1.96. The van der Waals surface area contributed by atoms with Crippen LogP contribution in [0.1, 0.15) is 43.1 Å². The highest BCUT2D eigenvalue weighted by Crippen LogP contribution is 2.19. The molecule has 1 atom stereocenters. The van der Waals surface area contributed by atoms with E-state index in [0.29, 0.717) is 17.8 Å². The Morgan fingerprint density at radius 3 is 2.22 bits per heavy atom. The fourth-order valence-corrected chi connectivity index (χ4v) is 4.03. The zero-order chi connectivity index (χ0) is 19.9. The molecule has 0 saturated heterocycles. The number of anilines is 1. The molecule has 27 heavy (non-hydrogen) atoms. The van der Waals surface area contributed by atoms with Crippen LogP contribution in [0.25, 0.3) is 0 Å². The molecule has 2 aromatic rings. The normalized spacial score (nSPS) is 12.4. The SMILES string of the molecule is CCN(c1ccc(C(=O)N[C@@H](C)CCc2ccccc2)cc1)S(=O)(=O)CC. The molecule has 6 heteroatoms. The summed E-state index contributed by atoms with van der Waals surface area (Å²) in [6, 6.07) is 16.9. The van der Waals surface area contributed by atoms with Gasteiger partial charge in [-0.2, -0.15) is 0 Å². The van der Waals surface area contributed by atoms with Crippen molar-refractivity contribution in [2.45, 2.75) is 39.7 Å². The lowest BCUT2D eigenvalue weighted by atomic mass is 10.1. The van der Waals surface area contributed by atoms with Crippen molar-refractivity contribution < 1.29 is 13.2 Å². The molecule has 1 amide bonds. The van der Waals surface area contributed by atoms with E-state index in [9.17, 15) is 13.2 Å². The number of carbonyl (C=O) groups is 1. The molecule has 0 saturated carbocycles. The summed E-state index contributed by atoms with van der Waals surface area (Å²) in [4.78, 5) is 12.4. The number of sulfonamides is 1. The van der Waals surface area contributed by atoms with Gasteiger partial charge in [0.25, 0.3) is 5.91 Å². The first-order valence-corrected chi connectivity index (χ1v) is 10.9. The first kappa shape index (κ1) is 21.0. The second-order valence-electron chi connectivity index (χ2n) is 6.51. The van der Waals surface area contributed by atoms with Gasteiger partial charge in [-0.3, -0.25) is 9.10 Å². The Morgan fingerprint density at radius 1 is 1.04 bits per heavy atom. The molecule has 0 aliphatic rings. The molecule has 5 nitrogen and oxygen atoms in total. The summed E-state index contributed by atoms with van der Waals surface area (Å²) >= 11 is 0. The third-order valence-corrected chi connectivity index (χ3v) is 6.36. The van der Waals surface area contributed by atoms with Crippen molar-refractivity contribution in [2.75, 3.05) is 16.6 Å². The molecule has 0 aliphatic heterocycles. The van der Waals surface area contributed by atoms with E-state index in [1.807, 2.05) is 25.1 Å². The number of carbonyl (C=O) groups excluding carboxylic acids is 1. The van der Waals surface area contributed by atoms with Gasteiger partial charge in [-0.1, -0.05) is 30.3 Å². The Kier molecular flexibility index (Phi) is 7.42. The molecule has 0 spiro atoms. The maximum atomic E-state index is 12.4. The van der Waals surface area contributed by atoms with Crippen LogP contribution in [0.3, 0.4) is 0 Å². The van der Waals surface area contributed by atoms with Gasteiger partial charge in [0.15, 0.2) is 0 Å². The molecule has 1 N–H and O–H groups in total. The first-order valence-electron chi connectivity index (χ1n) is 9.32. The molecule has 0 bridgehead atoms. The first-order chi connectivity index (χ1) is 12.9. The van der Waals surface area contributed by atoms with Crippen molar-refractivity contribution in [2.24, 2.45) is 0 Å². The van der Waals surface area contributed by atoms with E-state index in [-0.39, 0.29) is 17.7 Å². The third kappa shape index (κ3) is 5.82. The van der Waals surface area contributed by atoms with E-state index < -0.39 is 10.0 Å². The minimum absolute atomic E-state index is 0.0437. The monoisotopic (exact) mass is 388 g/mol. The standard InChI is InChI=1S/C21H28N2O3S/c1-4-23(27(25,26)5-2)20-15-13-19(14-16-20)21(24)22-17(3)11-12-18-9-7-6-8-10-18/h6-10,13-17H,4-5,11-12H2,1-3H3,(H,22,24)/t17-/m0/s1. The van der Waals surface area contributed by atoms with Crippen molar-refractivity contribution in [3.8, 4) is 0 Å². The summed E-state index contributed by atoms with van der Waals surface area (Å²) in [7, 11) is -3.32. The van der Waals surface area contributed by atoms with Gasteiger partial charge in [-0.25, -0.2) is 8.42 Å². The highest BCUT2D eigenvalue weighted by Gasteiger charge is 2.19. The third-order valence-electron chi connectivity index (χ3n) is 4.49. The molecule has 0 aliphatic carbocycles. The Morgan fingerprint density at radius 2 is 1.67 bits per heavy atom. The lowest BCUT2D eigenvalue weighted by Gasteiger charge is -2.22. The van der Waals surface area contributed by atoms with Crippen LogP contribution in [0.5, 0.6) is 0 Å². The molecule has 0 aromatic heterocycles. The number of nitrogens with one attached hydrogen (secondary N) is 1. The van der Waals surface area contributed by atoms with E-state index in [0.717, 1.165) is 12.8 Å². The predicted molar refractivity (Wildman–Crippen MR) is 111 cm³/mol. The highest BCUT2D eigenvalue weighted by atomic mass is 32.2. The number of nitrogens with zero attached hydrogens (tertiary/aromatic N) is 1. The van der Waals surface area contributed by atoms with Crippen LogP contribution in [0.2, 0.25) is 0 Å². The van der Waals surface area contributed by atoms with Crippen LogP contribution >= 0.6 is 0 Å². The van der Waals surface area contributed by atoms with Crippen molar-refractivity contribution in [3.63, 3.8) is 0 Å². The minimum Gasteiger partial charge on any atom is -0.350 e. The van der Waals surface area contributed by atoms with Crippen LogP contribution in [-0.2, 0) is 16.4 Å². The summed E-state index contributed by atoms with van der Waals surface area (Å²) in [5.74, 6) is -0.106. The summed E-state index contributed by atoms with van der Waals surface area (Å²) < 4.78 is 25.6. The van der Waals surface area contributed by atoms with Gasteiger partial charge in [0, 0.05) is 18.2 Å². The largest absolute Gasteiger partial charge is 0.350 e. The number of benzene rings is 2. The Labute approximate surface area is 162 Å². The van der Waals surface area contributed by atoms with E-state index in [2.05, 4.69) is 17.4 Å². The summed E-state index contributed by atoms with van der Waals surface area (Å²) in [5, 5.41) is 3.00. The molecule has 0 radical (unpaired) electrons. The van der Waals surface area contributed by atoms with E-state index >= 15 is 0 Å². The van der Waals surface area contributed by atoms with Crippen molar-refractivity contribution in [3.05, 3.63) is 65.7 Å². The van der Waals surface area contributed by atoms with E-state index in [4.69, 9.17) is 0 Å². The van der Waals surface area contributed by atoms with Crippen LogP contribution in [0.4, 0.5) is 5.69 Å². The average molecular weight is 389 g/mol. The van der Waals surface area contributed by atoms with Gasteiger partial charge in [-0.05, 0) is 63.4 Å². The zero-order valence-electron chi connectivity index (χ0n) is 16.2. The maximum Gasteiger partial charge on any atom is 0.251 e. The van der Waals surface area contributed by atoms with Gasteiger partial charge in [0.05, 0.1) is 11.4 Å². The fraction of sp³-hybridized carbons (Fsp3) is 0.381. The Bertz CT molecular complexity index is 833. The fourth-order valence-electron chi connectivity index (χ4n) is 2.88. The van der Waals surface area contributed by atoms with E-state index in [1.165, 1.54) is 9.87 Å². The number of hydrogen-bond donors (Lipinski definition) is 1. The smallest absolute Gasteiger partial charge is 0.251 e. The quantitative estimate of drug-likeness (QED) is 0.713. The maximum absolute atomic E-state index is 12.4. The lowest BCUT2D eigenvalue weighted by molar-refractivity contribution is 0.0938. The highest BCUT2D eigenvalue weighted by molar-refractivity contribution is 7.92. The molecule has 2 aromatic carbocycles. The molecule has 146 valence electrons. The molecular formula is C21H28N2O3S. The molecular weight excluding hydrogens is 360 g/mol. The average Bonchev–Trinajstić information content (AvgIpc) is 2.68.